The van der Waals surface area contributed by atoms with Crippen LogP contribution in [-0.4, -0.2) is 50.0 Å². The lowest BCUT2D eigenvalue weighted by Crippen LogP contribution is -2.47. The number of benzene rings is 2. The lowest BCUT2D eigenvalue weighted by Gasteiger charge is -2.37. The average Bonchev–Trinajstić information content (AvgIpc) is 3.11. The molecule has 2 aliphatic rings. The van der Waals surface area contributed by atoms with E-state index in [1.165, 1.54) is 0 Å². The first-order valence-electron chi connectivity index (χ1n) is 10.5. The zero-order valence-corrected chi connectivity index (χ0v) is 17.7. The minimum atomic E-state index is -0.441. The molecule has 1 amide bonds. The van der Waals surface area contributed by atoms with Crippen molar-refractivity contribution < 1.29 is 19.4 Å². The molecule has 0 aromatic heterocycles. The topological polar surface area (TPSA) is 71.0 Å². The van der Waals surface area contributed by atoms with Crippen LogP contribution < -0.4 is 15.0 Å². The Bertz CT molecular complexity index is 886. The van der Waals surface area contributed by atoms with Crippen LogP contribution in [0.4, 0.5) is 5.69 Å². The van der Waals surface area contributed by atoms with Gasteiger partial charge in [-0.25, -0.2) is 0 Å². The summed E-state index contributed by atoms with van der Waals surface area (Å²) >= 11 is 0. The van der Waals surface area contributed by atoms with Crippen molar-refractivity contribution in [1.29, 1.82) is 0 Å². The second kappa shape index (κ2) is 8.66. The van der Waals surface area contributed by atoms with Gasteiger partial charge in [-0.1, -0.05) is 30.3 Å². The predicted molar refractivity (Wildman–Crippen MR) is 116 cm³/mol. The molecule has 4 rings (SSSR count). The van der Waals surface area contributed by atoms with E-state index < -0.39 is 6.10 Å². The summed E-state index contributed by atoms with van der Waals surface area (Å²) in [6, 6.07) is 16.0. The third kappa shape index (κ3) is 4.16. The summed E-state index contributed by atoms with van der Waals surface area (Å²) in [6.45, 7) is 1.85. The molecule has 2 N–H and O–H groups in total. The summed E-state index contributed by atoms with van der Waals surface area (Å²) in [7, 11) is 4.02. The first-order chi connectivity index (χ1) is 14.5. The van der Waals surface area contributed by atoms with Crippen molar-refractivity contribution in [2.75, 3.05) is 25.6 Å². The number of carbonyl (C=O) groups excluding carboxylic acids is 1. The van der Waals surface area contributed by atoms with E-state index in [-0.39, 0.29) is 43.1 Å². The zero-order valence-electron chi connectivity index (χ0n) is 17.7. The smallest absolute Gasteiger partial charge is 0.223 e. The van der Waals surface area contributed by atoms with Gasteiger partial charge < -0.3 is 24.8 Å². The number of hydrogen-bond acceptors (Lipinski definition) is 5. The lowest BCUT2D eigenvalue weighted by molar-refractivity contribution is -0.142. The van der Waals surface area contributed by atoms with Gasteiger partial charge in [0.2, 0.25) is 5.91 Å². The standard InChI is InChI=1S/C24H30N2O4/c1-15(16-7-5-4-6-8-16)25-23(28)13-18-12-20-19-11-17(26(2)3)9-10-21(19)30-24(20)22(14-27)29-18/h4-11,15,18,20,22,24,27H,12-14H2,1-3H3,(H,25,28)/t15-,18-,20-,22-,24+/m1/s1. The molecule has 1 fully saturated rings. The van der Waals surface area contributed by atoms with Crippen LogP contribution in [0.3, 0.4) is 0 Å². The Labute approximate surface area is 177 Å². The summed E-state index contributed by atoms with van der Waals surface area (Å²) in [6.07, 6.45) is 0.0369. The van der Waals surface area contributed by atoms with E-state index in [0.717, 1.165) is 22.6 Å². The molecule has 0 radical (unpaired) electrons. The summed E-state index contributed by atoms with van der Waals surface area (Å²) in [4.78, 5) is 14.7. The van der Waals surface area contributed by atoms with E-state index in [4.69, 9.17) is 9.47 Å². The van der Waals surface area contributed by atoms with Gasteiger partial charge in [0.05, 0.1) is 25.2 Å². The van der Waals surface area contributed by atoms with Crippen molar-refractivity contribution in [3.8, 4) is 5.75 Å². The number of amides is 1. The maximum atomic E-state index is 12.7. The van der Waals surface area contributed by atoms with E-state index in [1.54, 1.807) is 0 Å². The van der Waals surface area contributed by atoms with Gasteiger partial charge in [-0.3, -0.25) is 4.79 Å². The monoisotopic (exact) mass is 410 g/mol. The van der Waals surface area contributed by atoms with Gasteiger partial charge in [-0.05, 0) is 37.1 Å². The molecule has 0 saturated carbocycles. The van der Waals surface area contributed by atoms with Gasteiger partial charge in [-0.2, -0.15) is 0 Å². The molecule has 30 heavy (non-hydrogen) atoms. The average molecular weight is 411 g/mol. The Morgan fingerprint density at radius 2 is 2.00 bits per heavy atom. The first-order valence-corrected chi connectivity index (χ1v) is 10.5. The van der Waals surface area contributed by atoms with Crippen LogP contribution in [0, 0.1) is 0 Å². The molecular formula is C24H30N2O4. The van der Waals surface area contributed by atoms with Crippen molar-refractivity contribution in [3.63, 3.8) is 0 Å². The van der Waals surface area contributed by atoms with Crippen LogP contribution in [0.5, 0.6) is 5.75 Å². The molecule has 0 aliphatic carbocycles. The zero-order chi connectivity index (χ0) is 21.3. The number of nitrogens with zero attached hydrogens (tertiary/aromatic N) is 1. The van der Waals surface area contributed by atoms with Gasteiger partial charge >= 0.3 is 0 Å². The van der Waals surface area contributed by atoms with Gasteiger partial charge in [0.15, 0.2) is 0 Å². The fourth-order valence-electron chi connectivity index (χ4n) is 4.49. The maximum absolute atomic E-state index is 12.7. The number of hydrogen-bond donors (Lipinski definition) is 2. The van der Waals surface area contributed by atoms with E-state index in [0.29, 0.717) is 6.42 Å². The summed E-state index contributed by atoms with van der Waals surface area (Å²) in [5.74, 6) is 0.906. The lowest BCUT2D eigenvalue weighted by atomic mass is 9.84. The first kappa shape index (κ1) is 20.7. The number of anilines is 1. The van der Waals surface area contributed by atoms with E-state index in [9.17, 15) is 9.90 Å². The van der Waals surface area contributed by atoms with Gasteiger partial charge in [-0.15, -0.1) is 0 Å². The molecule has 2 aromatic carbocycles. The molecule has 160 valence electrons. The number of aliphatic hydroxyl groups excluding tert-OH is 1. The molecule has 6 nitrogen and oxygen atoms in total. The molecule has 2 heterocycles. The molecule has 0 bridgehead atoms. The maximum Gasteiger partial charge on any atom is 0.223 e. The Balaban J connectivity index is 1.45. The molecule has 0 spiro atoms. The highest BCUT2D eigenvalue weighted by molar-refractivity contribution is 5.77. The van der Waals surface area contributed by atoms with E-state index in [1.807, 2.05) is 63.5 Å². The van der Waals surface area contributed by atoms with Gasteiger partial charge in [0, 0.05) is 31.3 Å². The molecule has 0 unspecified atom stereocenters. The normalized spacial score (nSPS) is 25.6. The third-order valence-electron chi connectivity index (χ3n) is 6.09. The SMILES string of the molecule is C[C@@H](NC(=O)C[C@H]1C[C@@H]2c3cc(N(C)C)ccc3O[C@@H]2[C@@H](CO)O1)c1ccccc1. The Morgan fingerprint density at radius 1 is 1.23 bits per heavy atom. The quantitative estimate of drug-likeness (QED) is 0.766. The largest absolute Gasteiger partial charge is 0.487 e. The number of carbonyl (C=O) groups is 1. The van der Waals surface area contributed by atoms with Crippen LogP contribution in [-0.2, 0) is 9.53 Å². The van der Waals surface area contributed by atoms with Crippen LogP contribution in [0.1, 0.15) is 42.9 Å². The Kier molecular flexibility index (Phi) is 5.97. The number of aliphatic hydroxyl groups is 1. The molecular weight excluding hydrogens is 380 g/mol. The van der Waals surface area contributed by atoms with E-state index in [2.05, 4.69) is 16.3 Å². The summed E-state index contributed by atoms with van der Waals surface area (Å²) in [5, 5.41) is 13.0. The van der Waals surface area contributed by atoms with Gasteiger partial charge in [0.25, 0.3) is 0 Å². The van der Waals surface area contributed by atoms with Crippen LogP contribution in [0.15, 0.2) is 48.5 Å². The Morgan fingerprint density at radius 3 is 2.70 bits per heavy atom. The highest BCUT2D eigenvalue weighted by Crippen LogP contribution is 2.47. The fraction of sp³-hybridized carbons (Fsp3) is 0.458. The van der Waals surface area contributed by atoms with Crippen molar-refractivity contribution in [1.82, 2.24) is 5.32 Å². The summed E-state index contributed by atoms with van der Waals surface area (Å²) < 4.78 is 12.2. The minimum absolute atomic E-state index is 0.0485. The molecule has 6 heteroatoms. The highest BCUT2D eigenvalue weighted by atomic mass is 16.6. The van der Waals surface area contributed by atoms with E-state index >= 15 is 0 Å². The molecule has 5 atom stereocenters. The van der Waals surface area contributed by atoms with Crippen LogP contribution >= 0.6 is 0 Å². The minimum Gasteiger partial charge on any atom is -0.487 e. The number of fused-ring (bicyclic) bond motifs is 3. The molecule has 2 aliphatic heterocycles. The van der Waals surface area contributed by atoms with Crippen molar-refractivity contribution >= 4 is 11.6 Å². The van der Waals surface area contributed by atoms with Crippen LogP contribution in [0.2, 0.25) is 0 Å². The number of ether oxygens (including phenoxy) is 2. The second-order valence-corrected chi connectivity index (χ2v) is 8.42. The third-order valence-corrected chi connectivity index (χ3v) is 6.09. The molecule has 2 aromatic rings. The fourth-order valence-corrected chi connectivity index (χ4v) is 4.49. The van der Waals surface area contributed by atoms with Crippen molar-refractivity contribution in [2.24, 2.45) is 0 Å². The number of rotatable bonds is 6. The van der Waals surface area contributed by atoms with Crippen LogP contribution in [0.25, 0.3) is 0 Å². The highest BCUT2D eigenvalue weighted by Gasteiger charge is 2.46. The number of nitrogens with one attached hydrogen (secondary N) is 1. The van der Waals surface area contributed by atoms with Crippen molar-refractivity contribution in [3.05, 3.63) is 59.7 Å². The van der Waals surface area contributed by atoms with Crippen molar-refractivity contribution in [2.45, 2.75) is 50.0 Å². The van der Waals surface area contributed by atoms with Gasteiger partial charge in [0.1, 0.15) is 18.0 Å². The summed E-state index contributed by atoms with van der Waals surface area (Å²) in [5.41, 5.74) is 3.31. The second-order valence-electron chi connectivity index (χ2n) is 8.42. The predicted octanol–water partition coefficient (Wildman–Crippen LogP) is 3.01. The Hall–Kier alpha value is -2.57. The molecule has 1 saturated heterocycles.